The Kier molecular flexibility index (Phi) is 5.54. The summed E-state index contributed by atoms with van der Waals surface area (Å²) in [6.45, 7) is 3.30. The minimum atomic E-state index is 0.0551. The second-order valence-corrected chi connectivity index (χ2v) is 6.96. The maximum atomic E-state index is 12.1. The Labute approximate surface area is 125 Å². The molecule has 0 bridgehead atoms. The number of thiazole rings is 1. The third-order valence-electron chi connectivity index (χ3n) is 4.25. The molecule has 0 radical (unpaired) electrons. The lowest BCUT2D eigenvalue weighted by molar-refractivity contribution is -0.123. The van der Waals surface area contributed by atoms with E-state index in [1.54, 1.807) is 11.3 Å². The zero-order valence-electron chi connectivity index (χ0n) is 12.3. The maximum absolute atomic E-state index is 12.1. The maximum Gasteiger partial charge on any atom is 0.220 e. The summed E-state index contributed by atoms with van der Waals surface area (Å²) in [6.07, 6.45) is 7.30. The molecule has 1 aliphatic rings. The molecular formula is C15H25N3OS. The van der Waals surface area contributed by atoms with E-state index in [9.17, 15) is 4.79 Å². The van der Waals surface area contributed by atoms with Crippen LogP contribution in [0.5, 0.6) is 0 Å². The molecule has 0 saturated heterocycles. The number of nitrogens with two attached hydrogens (primary N) is 1. The molecule has 1 amide bonds. The zero-order chi connectivity index (χ0) is 14.4. The zero-order valence-corrected chi connectivity index (χ0v) is 13.1. The van der Waals surface area contributed by atoms with E-state index in [1.807, 2.05) is 6.92 Å². The number of carbonyl (C=O) groups is 1. The Morgan fingerprint density at radius 1 is 1.45 bits per heavy atom. The molecular weight excluding hydrogens is 270 g/mol. The standard InChI is InChI=1S/C15H25N3OS/c1-12-18-13(10-20-12)5-8-17-14(19)9-15(11-16)6-3-2-4-7-15/h10H,2-9,11,16H2,1H3,(H,17,19). The summed E-state index contributed by atoms with van der Waals surface area (Å²) in [4.78, 5) is 16.5. The van der Waals surface area contributed by atoms with E-state index >= 15 is 0 Å². The monoisotopic (exact) mass is 295 g/mol. The second-order valence-electron chi connectivity index (χ2n) is 5.90. The van der Waals surface area contributed by atoms with Gasteiger partial charge in [0.15, 0.2) is 0 Å². The van der Waals surface area contributed by atoms with Crippen LogP contribution in [0.4, 0.5) is 0 Å². The summed E-state index contributed by atoms with van der Waals surface area (Å²) in [7, 11) is 0. The molecule has 1 saturated carbocycles. The van der Waals surface area contributed by atoms with Crippen molar-refractivity contribution in [2.24, 2.45) is 11.1 Å². The van der Waals surface area contributed by atoms with Crippen LogP contribution < -0.4 is 11.1 Å². The van der Waals surface area contributed by atoms with Crippen LogP contribution in [0.15, 0.2) is 5.38 Å². The van der Waals surface area contributed by atoms with Crippen LogP contribution in [0.2, 0.25) is 0 Å². The van der Waals surface area contributed by atoms with Crippen molar-refractivity contribution >= 4 is 17.2 Å². The molecule has 1 heterocycles. The van der Waals surface area contributed by atoms with Gasteiger partial charge in [0.2, 0.25) is 5.91 Å². The number of hydrogen-bond donors (Lipinski definition) is 2. The van der Waals surface area contributed by atoms with Gasteiger partial charge in [-0.3, -0.25) is 4.79 Å². The fraction of sp³-hybridized carbons (Fsp3) is 0.733. The summed E-state index contributed by atoms with van der Waals surface area (Å²) in [6, 6.07) is 0. The summed E-state index contributed by atoms with van der Waals surface area (Å²) >= 11 is 1.65. The molecule has 112 valence electrons. The number of nitrogens with one attached hydrogen (secondary N) is 1. The van der Waals surface area contributed by atoms with Crippen molar-refractivity contribution in [3.05, 3.63) is 16.1 Å². The van der Waals surface area contributed by atoms with Gasteiger partial charge >= 0.3 is 0 Å². The van der Waals surface area contributed by atoms with Crippen molar-refractivity contribution in [3.8, 4) is 0 Å². The molecule has 1 fully saturated rings. The lowest BCUT2D eigenvalue weighted by atomic mass is 9.71. The highest BCUT2D eigenvalue weighted by Gasteiger charge is 2.32. The van der Waals surface area contributed by atoms with Gasteiger partial charge in [0.25, 0.3) is 0 Å². The number of rotatable bonds is 6. The summed E-state index contributed by atoms with van der Waals surface area (Å²) in [5, 5.41) is 6.16. The average Bonchev–Trinajstić information content (AvgIpc) is 2.85. The van der Waals surface area contributed by atoms with Gasteiger partial charge in [-0.05, 0) is 31.7 Å². The van der Waals surface area contributed by atoms with Gasteiger partial charge in [-0.2, -0.15) is 0 Å². The largest absolute Gasteiger partial charge is 0.356 e. The third kappa shape index (κ3) is 4.28. The molecule has 2 rings (SSSR count). The van der Waals surface area contributed by atoms with Crippen LogP contribution in [0.25, 0.3) is 0 Å². The van der Waals surface area contributed by atoms with Crippen molar-refractivity contribution < 1.29 is 4.79 Å². The Balaban J connectivity index is 1.74. The number of aryl methyl sites for hydroxylation is 1. The smallest absolute Gasteiger partial charge is 0.220 e. The van der Waals surface area contributed by atoms with Gasteiger partial charge < -0.3 is 11.1 Å². The first kappa shape index (κ1) is 15.4. The van der Waals surface area contributed by atoms with E-state index in [0.29, 0.717) is 19.5 Å². The fourth-order valence-corrected chi connectivity index (χ4v) is 3.66. The van der Waals surface area contributed by atoms with Crippen molar-refractivity contribution in [2.75, 3.05) is 13.1 Å². The van der Waals surface area contributed by atoms with Crippen LogP contribution in [0, 0.1) is 12.3 Å². The lowest BCUT2D eigenvalue weighted by Crippen LogP contribution is -2.39. The summed E-state index contributed by atoms with van der Waals surface area (Å²) < 4.78 is 0. The highest BCUT2D eigenvalue weighted by atomic mass is 32.1. The number of aromatic nitrogens is 1. The first-order chi connectivity index (χ1) is 9.63. The predicted molar refractivity (Wildman–Crippen MR) is 82.8 cm³/mol. The van der Waals surface area contributed by atoms with Gasteiger partial charge in [0, 0.05) is 24.8 Å². The van der Waals surface area contributed by atoms with Crippen molar-refractivity contribution in [1.29, 1.82) is 0 Å². The Morgan fingerprint density at radius 2 is 2.20 bits per heavy atom. The van der Waals surface area contributed by atoms with Crippen molar-refractivity contribution in [1.82, 2.24) is 10.3 Å². The van der Waals surface area contributed by atoms with Crippen LogP contribution >= 0.6 is 11.3 Å². The Hall–Kier alpha value is -0.940. The quantitative estimate of drug-likeness (QED) is 0.847. The molecule has 5 heteroatoms. The first-order valence-corrected chi connectivity index (χ1v) is 8.39. The second kappa shape index (κ2) is 7.18. The van der Waals surface area contributed by atoms with Crippen molar-refractivity contribution in [2.45, 2.75) is 51.9 Å². The molecule has 0 unspecified atom stereocenters. The molecule has 0 aliphatic heterocycles. The molecule has 4 nitrogen and oxygen atoms in total. The number of amides is 1. The highest BCUT2D eigenvalue weighted by Crippen LogP contribution is 2.38. The van der Waals surface area contributed by atoms with Crippen LogP contribution in [0.3, 0.4) is 0 Å². The van der Waals surface area contributed by atoms with E-state index < -0.39 is 0 Å². The molecule has 1 aromatic heterocycles. The molecule has 0 aromatic carbocycles. The average molecular weight is 295 g/mol. The molecule has 1 aromatic rings. The minimum absolute atomic E-state index is 0.0551. The van der Waals surface area contributed by atoms with Gasteiger partial charge in [0.1, 0.15) is 0 Å². The van der Waals surface area contributed by atoms with Crippen LogP contribution in [-0.2, 0) is 11.2 Å². The van der Waals surface area contributed by atoms with Crippen LogP contribution in [0.1, 0.15) is 49.2 Å². The van der Waals surface area contributed by atoms with Gasteiger partial charge in [-0.25, -0.2) is 4.98 Å². The summed E-state index contributed by atoms with van der Waals surface area (Å²) in [5.74, 6) is 0.143. The van der Waals surface area contributed by atoms with E-state index in [2.05, 4.69) is 15.7 Å². The van der Waals surface area contributed by atoms with Gasteiger partial charge in [-0.15, -0.1) is 11.3 Å². The molecule has 20 heavy (non-hydrogen) atoms. The SMILES string of the molecule is Cc1nc(CCNC(=O)CC2(CN)CCCCC2)cs1. The third-order valence-corrected chi connectivity index (χ3v) is 5.07. The Morgan fingerprint density at radius 3 is 2.80 bits per heavy atom. The van der Waals surface area contributed by atoms with E-state index in [0.717, 1.165) is 30.0 Å². The summed E-state index contributed by atoms with van der Waals surface area (Å²) in [5.41, 5.74) is 7.04. The molecule has 0 atom stereocenters. The van der Waals surface area contributed by atoms with Gasteiger partial charge in [-0.1, -0.05) is 19.3 Å². The van der Waals surface area contributed by atoms with Gasteiger partial charge in [0.05, 0.1) is 10.7 Å². The number of carbonyl (C=O) groups excluding carboxylic acids is 1. The fourth-order valence-electron chi connectivity index (χ4n) is 3.01. The van der Waals surface area contributed by atoms with E-state index in [-0.39, 0.29) is 11.3 Å². The topological polar surface area (TPSA) is 68.0 Å². The predicted octanol–water partition coefficient (Wildman–Crippen LogP) is 2.41. The Bertz CT molecular complexity index is 438. The molecule has 3 N–H and O–H groups in total. The highest BCUT2D eigenvalue weighted by molar-refractivity contribution is 7.09. The van der Waals surface area contributed by atoms with E-state index in [4.69, 9.17) is 5.73 Å². The van der Waals surface area contributed by atoms with E-state index in [1.165, 1.54) is 19.3 Å². The van der Waals surface area contributed by atoms with Crippen LogP contribution in [-0.4, -0.2) is 24.0 Å². The first-order valence-electron chi connectivity index (χ1n) is 7.51. The number of nitrogens with zero attached hydrogens (tertiary/aromatic N) is 1. The molecule has 1 aliphatic carbocycles. The molecule has 0 spiro atoms. The normalized spacial score (nSPS) is 17.9. The number of hydrogen-bond acceptors (Lipinski definition) is 4. The lowest BCUT2D eigenvalue weighted by Gasteiger charge is -2.35. The minimum Gasteiger partial charge on any atom is -0.356 e. The van der Waals surface area contributed by atoms with Crippen molar-refractivity contribution in [3.63, 3.8) is 0 Å².